The van der Waals surface area contributed by atoms with Crippen molar-refractivity contribution in [2.24, 2.45) is 0 Å². The lowest BCUT2D eigenvalue weighted by molar-refractivity contribution is 0.0937. The Morgan fingerprint density at radius 3 is 2.74 bits per heavy atom. The summed E-state index contributed by atoms with van der Waals surface area (Å²) in [7, 11) is -3.34. The standard InChI is InChI=1S/C21H22ClF2N3O3S/c1-13(8-10-31(2,29)30)26-21(28)20-17(24)11-14(12-25-20)27-9-4-7-18(27)19-15(22)5-3-6-16(19)23/h3,5-6,8,10-13,18H,4,7,9H2,1-2H3,(H,26,28)/b10-8+/t13-,18?/m1/s1. The number of rotatable bonds is 6. The second-order valence-electron chi connectivity index (χ2n) is 7.43. The van der Waals surface area contributed by atoms with Gasteiger partial charge in [-0.2, -0.15) is 0 Å². The van der Waals surface area contributed by atoms with Crippen molar-refractivity contribution in [1.29, 1.82) is 0 Å². The molecule has 1 N–H and O–H groups in total. The molecule has 1 aliphatic heterocycles. The van der Waals surface area contributed by atoms with Crippen LogP contribution in [0.5, 0.6) is 0 Å². The molecule has 1 amide bonds. The van der Waals surface area contributed by atoms with Crippen LogP contribution in [-0.2, 0) is 9.84 Å². The molecule has 1 saturated heterocycles. The van der Waals surface area contributed by atoms with Crippen molar-refractivity contribution < 1.29 is 22.0 Å². The quantitative estimate of drug-likeness (QED) is 0.691. The van der Waals surface area contributed by atoms with E-state index in [0.717, 1.165) is 18.1 Å². The number of hydrogen-bond acceptors (Lipinski definition) is 5. The molecule has 0 aliphatic carbocycles. The van der Waals surface area contributed by atoms with Crippen LogP contribution in [0.4, 0.5) is 14.5 Å². The van der Waals surface area contributed by atoms with Gasteiger partial charge < -0.3 is 10.2 Å². The molecule has 0 spiro atoms. The Morgan fingerprint density at radius 1 is 1.35 bits per heavy atom. The van der Waals surface area contributed by atoms with Crippen LogP contribution in [0.2, 0.25) is 5.02 Å². The number of carbonyl (C=O) groups is 1. The summed E-state index contributed by atoms with van der Waals surface area (Å²) in [5, 5.41) is 3.74. The van der Waals surface area contributed by atoms with Crippen LogP contribution in [0, 0.1) is 11.6 Å². The Hall–Kier alpha value is -2.52. The minimum Gasteiger partial charge on any atom is -0.363 e. The zero-order valence-corrected chi connectivity index (χ0v) is 18.6. The van der Waals surface area contributed by atoms with Gasteiger partial charge in [-0.05, 0) is 31.9 Å². The molecule has 166 valence electrons. The third-order valence-corrected chi connectivity index (χ3v) is 5.91. The van der Waals surface area contributed by atoms with Crippen LogP contribution in [0.15, 0.2) is 41.9 Å². The average Bonchev–Trinajstić information content (AvgIpc) is 3.15. The number of hydrogen-bond donors (Lipinski definition) is 1. The van der Waals surface area contributed by atoms with E-state index in [9.17, 15) is 22.0 Å². The molecule has 1 aromatic heterocycles. The third kappa shape index (κ3) is 5.59. The van der Waals surface area contributed by atoms with Crippen molar-refractivity contribution >= 4 is 33.0 Å². The summed E-state index contributed by atoms with van der Waals surface area (Å²) in [5.41, 5.74) is 0.360. The van der Waals surface area contributed by atoms with Gasteiger partial charge in [0.15, 0.2) is 21.3 Å². The molecule has 0 bridgehead atoms. The zero-order chi connectivity index (χ0) is 22.8. The first-order chi connectivity index (χ1) is 14.6. The SMILES string of the molecule is C[C@H](/C=C/S(C)(=O)=O)NC(=O)c1ncc(N2CCCC2c2c(F)cccc2Cl)cc1F. The van der Waals surface area contributed by atoms with Gasteiger partial charge in [0.1, 0.15) is 5.82 Å². The predicted molar refractivity (Wildman–Crippen MR) is 116 cm³/mol. The lowest BCUT2D eigenvalue weighted by atomic mass is 10.0. The Bertz CT molecular complexity index is 1100. The monoisotopic (exact) mass is 469 g/mol. The van der Waals surface area contributed by atoms with Crippen LogP contribution in [0.3, 0.4) is 0 Å². The molecule has 3 rings (SSSR count). The first-order valence-electron chi connectivity index (χ1n) is 9.62. The molecule has 2 atom stereocenters. The summed E-state index contributed by atoms with van der Waals surface area (Å²) < 4.78 is 51.4. The van der Waals surface area contributed by atoms with E-state index in [1.807, 2.05) is 4.90 Å². The highest BCUT2D eigenvalue weighted by Crippen LogP contribution is 2.40. The van der Waals surface area contributed by atoms with Crippen LogP contribution in [-0.4, -0.2) is 38.2 Å². The van der Waals surface area contributed by atoms with Gasteiger partial charge in [0.05, 0.1) is 17.9 Å². The van der Waals surface area contributed by atoms with Crippen molar-refractivity contribution in [1.82, 2.24) is 10.3 Å². The second-order valence-corrected chi connectivity index (χ2v) is 9.77. The molecule has 1 unspecified atom stereocenters. The fraction of sp³-hybridized carbons (Fsp3) is 0.333. The second kappa shape index (κ2) is 9.32. The molecule has 0 saturated carbocycles. The largest absolute Gasteiger partial charge is 0.363 e. The van der Waals surface area contributed by atoms with Crippen molar-refractivity contribution in [2.75, 3.05) is 17.7 Å². The van der Waals surface area contributed by atoms with E-state index in [1.165, 1.54) is 30.5 Å². The van der Waals surface area contributed by atoms with Crippen molar-refractivity contribution in [3.05, 3.63) is 69.9 Å². The van der Waals surface area contributed by atoms with E-state index in [4.69, 9.17) is 11.6 Å². The predicted octanol–water partition coefficient (Wildman–Crippen LogP) is 4.03. The number of sulfone groups is 1. The van der Waals surface area contributed by atoms with E-state index in [0.29, 0.717) is 29.2 Å². The summed E-state index contributed by atoms with van der Waals surface area (Å²) in [5.74, 6) is -2.03. The average molecular weight is 470 g/mol. The van der Waals surface area contributed by atoms with Gasteiger partial charge in [-0.1, -0.05) is 23.7 Å². The van der Waals surface area contributed by atoms with Crippen LogP contribution in [0.25, 0.3) is 0 Å². The summed E-state index contributed by atoms with van der Waals surface area (Å²) >= 11 is 6.21. The smallest absolute Gasteiger partial charge is 0.273 e. The molecule has 0 radical (unpaired) electrons. The maximum absolute atomic E-state index is 14.7. The minimum atomic E-state index is -3.34. The number of carbonyl (C=O) groups excluding carboxylic acids is 1. The Labute approximate surface area is 184 Å². The van der Waals surface area contributed by atoms with Gasteiger partial charge in [-0.25, -0.2) is 22.2 Å². The van der Waals surface area contributed by atoms with E-state index in [1.54, 1.807) is 13.0 Å². The maximum atomic E-state index is 14.7. The van der Waals surface area contributed by atoms with Gasteiger partial charge in [-0.15, -0.1) is 0 Å². The number of benzene rings is 1. The van der Waals surface area contributed by atoms with Gasteiger partial charge in [0, 0.05) is 40.9 Å². The molecule has 2 aromatic rings. The lowest BCUT2D eigenvalue weighted by Crippen LogP contribution is -2.32. The van der Waals surface area contributed by atoms with Crippen LogP contribution < -0.4 is 10.2 Å². The number of aromatic nitrogens is 1. The van der Waals surface area contributed by atoms with Gasteiger partial charge in [0.25, 0.3) is 5.91 Å². The number of amides is 1. The summed E-state index contributed by atoms with van der Waals surface area (Å²) in [6, 6.07) is 4.66. The van der Waals surface area contributed by atoms with Crippen molar-refractivity contribution in [3.63, 3.8) is 0 Å². The molecule has 10 heteroatoms. The molecule has 2 heterocycles. The first-order valence-corrected chi connectivity index (χ1v) is 12.0. The fourth-order valence-corrected chi connectivity index (χ4v) is 4.35. The van der Waals surface area contributed by atoms with Gasteiger partial charge >= 0.3 is 0 Å². The third-order valence-electron chi connectivity index (χ3n) is 4.93. The number of nitrogens with one attached hydrogen (secondary N) is 1. The topological polar surface area (TPSA) is 79.4 Å². The number of halogens is 3. The van der Waals surface area contributed by atoms with Crippen LogP contribution >= 0.6 is 11.6 Å². The number of nitrogens with zero attached hydrogens (tertiary/aromatic N) is 2. The zero-order valence-electron chi connectivity index (χ0n) is 17.0. The molecule has 31 heavy (non-hydrogen) atoms. The van der Waals surface area contributed by atoms with Crippen molar-refractivity contribution in [3.8, 4) is 0 Å². The van der Waals surface area contributed by atoms with Crippen LogP contribution in [0.1, 0.15) is 41.9 Å². The summed E-state index contributed by atoms with van der Waals surface area (Å²) in [4.78, 5) is 18.1. The summed E-state index contributed by atoms with van der Waals surface area (Å²) in [6.45, 7) is 2.12. The van der Waals surface area contributed by atoms with E-state index in [-0.39, 0.29) is 6.04 Å². The highest BCUT2D eigenvalue weighted by Gasteiger charge is 2.31. The highest BCUT2D eigenvalue weighted by atomic mass is 35.5. The number of pyridine rings is 1. The summed E-state index contributed by atoms with van der Waals surface area (Å²) in [6.07, 6.45) is 5.09. The molecular weight excluding hydrogens is 448 g/mol. The molecule has 6 nitrogen and oxygen atoms in total. The van der Waals surface area contributed by atoms with Gasteiger partial charge in [-0.3, -0.25) is 4.79 Å². The molecular formula is C21H22ClF2N3O3S. The lowest BCUT2D eigenvalue weighted by Gasteiger charge is -2.28. The Balaban J connectivity index is 1.80. The molecule has 1 aliphatic rings. The Morgan fingerprint density at radius 2 is 2.10 bits per heavy atom. The van der Waals surface area contributed by atoms with E-state index < -0.39 is 39.1 Å². The molecule has 1 fully saturated rings. The van der Waals surface area contributed by atoms with E-state index in [2.05, 4.69) is 10.3 Å². The number of anilines is 1. The first kappa shape index (κ1) is 23.1. The fourth-order valence-electron chi connectivity index (χ4n) is 3.54. The Kier molecular flexibility index (Phi) is 6.96. The normalized spacial score (nSPS) is 17.8. The van der Waals surface area contributed by atoms with E-state index >= 15 is 0 Å². The molecule has 1 aromatic carbocycles. The maximum Gasteiger partial charge on any atom is 0.273 e. The minimum absolute atomic E-state index is 0.303. The highest BCUT2D eigenvalue weighted by molar-refractivity contribution is 7.93. The van der Waals surface area contributed by atoms with Gasteiger partial charge in [0.2, 0.25) is 0 Å². The van der Waals surface area contributed by atoms with Crippen molar-refractivity contribution in [2.45, 2.75) is 31.8 Å².